The maximum absolute atomic E-state index is 11.3. The van der Waals surface area contributed by atoms with Crippen molar-refractivity contribution >= 4 is 22.4 Å². The van der Waals surface area contributed by atoms with Crippen molar-refractivity contribution in [2.24, 2.45) is 0 Å². The van der Waals surface area contributed by atoms with E-state index in [1.54, 1.807) is 6.33 Å². The third kappa shape index (κ3) is 3.89. The molecule has 1 aromatic rings. The van der Waals surface area contributed by atoms with Crippen LogP contribution in [0, 0.1) is 6.92 Å². The molecule has 5 nitrogen and oxygen atoms in total. The average Bonchev–Trinajstić information content (AvgIpc) is 2.42. The van der Waals surface area contributed by atoms with Gasteiger partial charge in [0.2, 0.25) is 0 Å². The Kier molecular flexibility index (Phi) is 5.13. The van der Waals surface area contributed by atoms with Crippen LogP contribution in [0.15, 0.2) is 6.33 Å². The van der Waals surface area contributed by atoms with Gasteiger partial charge in [0.05, 0.1) is 0 Å². The van der Waals surface area contributed by atoms with E-state index in [2.05, 4.69) is 27.5 Å². The third-order valence-electron chi connectivity index (χ3n) is 3.36. The van der Waals surface area contributed by atoms with Gasteiger partial charge in [-0.1, -0.05) is 6.92 Å². The molecule has 1 aliphatic heterocycles. The van der Waals surface area contributed by atoms with Gasteiger partial charge in [0.1, 0.15) is 18.0 Å². The molecule has 2 heterocycles. The highest BCUT2D eigenvalue weighted by Crippen LogP contribution is 2.21. The Bertz CT molecular complexity index is 442. The maximum atomic E-state index is 11.3. The topological polar surface area (TPSA) is 66.9 Å². The highest BCUT2D eigenvalue weighted by atomic mass is 32.2. The van der Waals surface area contributed by atoms with Gasteiger partial charge in [0, 0.05) is 40.5 Å². The normalized spacial score (nSPS) is 23.1. The third-order valence-corrected chi connectivity index (χ3v) is 4.74. The molecule has 1 fully saturated rings. The van der Waals surface area contributed by atoms with Crippen molar-refractivity contribution in [2.45, 2.75) is 39.2 Å². The van der Waals surface area contributed by atoms with E-state index in [1.165, 1.54) is 0 Å². The number of aromatic nitrogens is 2. The summed E-state index contributed by atoms with van der Waals surface area (Å²) < 4.78 is 11.3. The minimum Gasteiger partial charge on any atom is -0.370 e. The molecule has 0 bridgehead atoms. The molecule has 0 amide bonds. The first-order valence-electron chi connectivity index (χ1n) is 6.87. The fourth-order valence-corrected chi connectivity index (χ4v) is 3.45. The Balaban J connectivity index is 2.01. The predicted molar refractivity (Wildman–Crippen MR) is 80.1 cm³/mol. The van der Waals surface area contributed by atoms with E-state index in [4.69, 9.17) is 0 Å². The quantitative estimate of drug-likeness (QED) is 0.864. The first kappa shape index (κ1) is 14.2. The summed E-state index contributed by atoms with van der Waals surface area (Å²) in [7, 11) is -0.618. The molecule has 1 aromatic heterocycles. The van der Waals surface area contributed by atoms with Crippen LogP contribution >= 0.6 is 0 Å². The van der Waals surface area contributed by atoms with Crippen LogP contribution < -0.4 is 10.6 Å². The number of nitrogens with one attached hydrogen (secondary N) is 2. The maximum Gasteiger partial charge on any atom is 0.134 e. The monoisotopic (exact) mass is 282 g/mol. The first-order valence-corrected chi connectivity index (χ1v) is 8.36. The van der Waals surface area contributed by atoms with Crippen LogP contribution in [-0.4, -0.2) is 38.3 Å². The fourth-order valence-electron chi connectivity index (χ4n) is 2.15. The van der Waals surface area contributed by atoms with Crippen LogP contribution in [0.1, 0.15) is 31.7 Å². The van der Waals surface area contributed by atoms with E-state index >= 15 is 0 Å². The molecule has 0 aliphatic carbocycles. The van der Waals surface area contributed by atoms with Gasteiger partial charge in [-0.3, -0.25) is 4.21 Å². The summed E-state index contributed by atoms with van der Waals surface area (Å²) in [5.41, 5.74) is 1.06. The van der Waals surface area contributed by atoms with Crippen molar-refractivity contribution < 1.29 is 4.21 Å². The van der Waals surface area contributed by atoms with Gasteiger partial charge in [-0.05, 0) is 26.2 Å². The van der Waals surface area contributed by atoms with Crippen molar-refractivity contribution in [3.63, 3.8) is 0 Å². The molecule has 0 atom stereocenters. The van der Waals surface area contributed by atoms with Gasteiger partial charge in [0.15, 0.2) is 0 Å². The minimum atomic E-state index is -0.618. The van der Waals surface area contributed by atoms with Crippen molar-refractivity contribution in [3.05, 3.63) is 11.9 Å². The predicted octanol–water partition coefficient (Wildman–Crippen LogP) is 1.93. The first-order chi connectivity index (χ1) is 9.20. The van der Waals surface area contributed by atoms with Crippen LogP contribution in [0.2, 0.25) is 0 Å². The van der Waals surface area contributed by atoms with Crippen LogP contribution in [0.4, 0.5) is 11.6 Å². The number of nitrogens with zero attached hydrogens (tertiary/aromatic N) is 2. The summed E-state index contributed by atoms with van der Waals surface area (Å²) in [6, 6.07) is 0.380. The average molecular weight is 282 g/mol. The smallest absolute Gasteiger partial charge is 0.134 e. The van der Waals surface area contributed by atoms with Crippen molar-refractivity contribution in [1.29, 1.82) is 0 Å². The summed E-state index contributed by atoms with van der Waals surface area (Å²) in [6.07, 6.45) is 4.57. The highest BCUT2D eigenvalue weighted by molar-refractivity contribution is 7.85. The Hall–Kier alpha value is -1.17. The lowest BCUT2D eigenvalue weighted by Gasteiger charge is -2.24. The zero-order valence-corrected chi connectivity index (χ0v) is 12.4. The van der Waals surface area contributed by atoms with Crippen molar-refractivity contribution in [2.75, 3.05) is 28.7 Å². The fraction of sp³-hybridized carbons (Fsp3) is 0.692. The molecule has 0 radical (unpaired) electrons. The molecule has 0 spiro atoms. The van der Waals surface area contributed by atoms with Gasteiger partial charge < -0.3 is 10.6 Å². The largest absolute Gasteiger partial charge is 0.370 e. The lowest BCUT2D eigenvalue weighted by molar-refractivity contribution is 0.622. The summed E-state index contributed by atoms with van der Waals surface area (Å²) in [6.45, 7) is 5.08. The van der Waals surface area contributed by atoms with Crippen molar-refractivity contribution in [1.82, 2.24) is 9.97 Å². The Morgan fingerprint density at radius 1 is 1.32 bits per heavy atom. The Morgan fingerprint density at radius 3 is 2.68 bits per heavy atom. The molecule has 0 saturated carbocycles. The van der Waals surface area contributed by atoms with Crippen LogP contribution in [0.3, 0.4) is 0 Å². The standard InChI is InChI=1S/C13H22N4OS/c1-3-6-14-12-10(2)13(16-9-15-12)17-11-4-7-19(18)8-5-11/h9,11H,3-8H2,1-2H3,(H2,14,15,16,17). The van der Waals surface area contributed by atoms with Gasteiger partial charge in [-0.15, -0.1) is 0 Å². The Labute approximate surface area is 117 Å². The summed E-state index contributed by atoms with van der Waals surface area (Å²) in [4.78, 5) is 8.59. The van der Waals surface area contributed by atoms with E-state index in [0.29, 0.717) is 6.04 Å². The molecule has 6 heteroatoms. The lowest BCUT2D eigenvalue weighted by atomic mass is 10.1. The molecular formula is C13H22N4OS. The molecule has 0 unspecified atom stereocenters. The molecule has 19 heavy (non-hydrogen) atoms. The van der Waals surface area contributed by atoms with Crippen LogP contribution in [0.5, 0.6) is 0 Å². The van der Waals surface area contributed by atoms with Gasteiger partial charge >= 0.3 is 0 Å². The van der Waals surface area contributed by atoms with E-state index in [9.17, 15) is 4.21 Å². The van der Waals surface area contributed by atoms with Crippen LogP contribution in [0.25, 0.3) is 0 Å². The zero-order valence-electron chi connectivity index (χ0n) is 11.6. The molecule has 1 aliphatic rings. The Morgan fingerprint density at radius 2 is 2.00 bits per heavy atom. The molecule has 0 aromatic carbocycles. The van der Waals surface area contributed by atoms with E-state index in [-0.39, 0.29) is 0 Å². The molecule has 2 rings (SSSR count). The second-order valence-corrected chi connectivity index (χ2v) is 6.59. The SMILES string of the molecule is CCCNc1ncnc(NC2CCS(=O)CC2)c1C. The van der Waals surface area contributed by atoms with Gasteiger partial charge in [-0.25, -0.2) is 9.97 Å². The van der Waals surface area contributed by atoms with E-state index in [0.717, 1.165) is 54.5 Å². The number of hydrogen-bond acceptors (Lipinski definition) is 5. The summed E-state index contributed by atoms with van der Waals surface area (Å²) in [5.74, 6) is 3.39. The minimum absolute atomic E-state index is 0.380. The second-order valence-electron chi connectivity index (χ2n) is 4.89. The van der Waals surface area contributed by atoms with Crippen LogP contribution in [-0.2, 0) is 10.8 Å². The molecule has 106 valence electrons. The number of rotatable bonds is 5. The number of anilines is 2. The summed E-state index contributed by atoms with van der Waals surface area (Å²) in [5, 5.41) is 6.77. The van der Waals surface area contributed by atoms with Gasteiger partial charge in [0.25, 0.3) is 0 Å². The van der Waals surface area contributed by atoms with Crippen molar-refractivity contribution in [3.8, 4) is 0 Å². The lowest BCUT2D eigenvalue weighted by Crippen LogP contribution is -2.30. The molecule has 1 saturated heterocycles. The van der Waals surface area contributed by atoms with E-state index < -0.39 is 10.8 Å². The molecular weight excluding hydrogens is 260 g/mol. The number of hydrogen-bond donors (Lipinski definition) is 2. The summed E-state index contributed by atoms with van der Waals surface area (Å²) >= 11 is 0. The van der Waals surface area contributed by atoms with Gasteiger partial charge in [-0.2, -0.15) is 0 Å². The van der Waals surface area contributed by atoms with E-state index in [1.807, 2.05) is 6.92 Å². The zero-order chi connectivity index (χ0) is 13.7. The molecule has 2 N–H and O–H groups in total. The highest BCUT2D eigenvalue weighted by Gasteiger charge is 2.19. The second kappa shape index (κ2) is 6.84.